The minimum Gasteiger partial charge on any atom is -0.329 e. The summed E-state index contributed by atoms with van der Waals surface area (Å²) in [6.07, 6.45) is 4.42. The predicted molar refractivity (Wildman–Crippen MR) is 79.2 cm³/mol. The Morgan fingerprint density at radius 3 is 2.63 bits per heavy atom. The van der Waals surface area contributed by atoms with Gasteiger partial charge in [0.05, 0.1) is 4.34 Å². The number of rotatable bonds is 5. The fourth-order valence-electron chi connectivity index (χ4n) is 2.52. The van der Waals surface area contributed by atoms with Crippen molar-refractivity contribution in [2.75, 3.05) is 6.54 Å². The first-order chi connectivity index (χ1) is 8.94. The van der Waals surface area contributed by atoms with Gasteiger partial charge in [-0.05, 0) is 37.3 Å². The van der Waals surface area contributed by atoms with Crippen molar-refractivity contribution in [3.63, 3.8) is 0 Å². The molecule has 3 N–H and O–H groups in total. The summed E-state index contributed by atoms with van der Waals surface area (Å²) in [5.74, 6) is 0.358. The van der Waals surface area contributed by atoms with E-state index >= 15 is 0 Å². The summed E-state index contributed by atoms with van der Waals surface area (Å²) in [4.78, 5) is 0. The van der Waals surface area contributed by atoms with Crippen LogP contribution >= 0.6 is 22.9 Å². The first-order valence-electron chi connectivity index (χ1n) is 6.42. The van der Waals surface area contributed by atoms with E-state index in [4.69, 9.17) is 17.3 Å². The molecule has 0 spiro atoms. The predicted octanol–water partition coefficient (Wildman–Crippen LogP) is 2.51. The maximum Gasteiger partial charge on any atom is 0.250 e. The number of nitrogens with one attached hydrogen (secondary N) is 1. The summed E-state index contributed by atoms with van der Waals surface area (Å²) >= 11 is 7.03. The van der Waals surface area contributed by atoms with E-state index in [1.807, 2.05) is 0 Å². The number of halogens is 1. The summed E-state index contributed by atoms with van der Waals surface area (Å²) in [7, 11) is -3.51. The van der Waals surface area contributed by atoms with Crippen LogP contribution in [0.3, 0.4) is 0 Å². The summed E-state index contributed by atoms with van der Waals surface area (Å²) in [6, 6.07) is 1.44. The highest BCUT2D eigenvalue weighted by Gasteiger charge is 2.29. The fourth-order valence-corrected chi connectivity index (χ4v) is 5.56. The molecule has 0 saturated heterocycles. The van der Waals surface area contributed by atoms with Crippen LogP contribution in [0.1, 0.15) is 31.2 Å². The second kappa shape index (κ2) is 6.10. The van der Waals surface area contributed by atoms with Gasteiger partial charge in [-0.15, -0.1) is 11.3 Å². The molecule has 0 radical (unpaired) electrons. The molecule has 1 aromatic heterocycles. The topological polar surface area (TPSA) is 72.2 Å². The number of hydrogen-bond donors (Lipinski definition) is 2. The molecule has 1 atom stereocenters. The molecule has 7 heteroatoms. The summed E-state index contributed by atoms with van der Waals surface area (Å²) in [6.45, 7) is 2.14. The van der Waals surface area contributed by atoms with Gasteiger partial charge in [0, 0.05) is 12.6 Å². The average Bonchev–Trinajstić information content (AvgIpc) is 2.98. The number of sulfonamides is 1. The normalized spacial score (nSPS) is 18.9. The van der Waals surface area contributed by atoms with E-state index < -0.39 is 10.0 Å². The molecule has 1 heterocycles. The van der Waals surface area contributed by atoms with Crippen LogP contribution < -0.4 is 10.5 Å². The molecule has 1 aliphatic rings. The SMILES string of the molecule is Cc1cc(S(=O)(=O)NC(CN)C2CCCC2)sc1Cl. The zero-order chi connectivity index (χ0) is 14.0. The molecule has 1 fully saturated rings. The van der Waals surface area contributed by atoms with Gasteiger partial charge in [0.1, 0.15) is 4.21 Å². The zero-order valence-electron chi connectivity index (χ0n) is 10.9. The van der Waals surface area contributed by atoms with E-state index in [1.54, 1.807) is 13.0 Å². The maximum absolute atomic E-state index is 12.3. The third-order valence-corrected chi connectivity index (χ3v) is 7.15. The second-order valence-electron chi connectivity index (χ2n) is 5.03. The van der Waals surface area contributed by atoms with Gasteiger partial charge in [-0.1, -0.05) is 24.4 Å². The van der Waals surface area contributed by atoms with Crippen LogP contribution in [-0.4, -0.2) is 21.0 Å². The van der Waals surface area contributed by atoms with Gasteiger partial charge >= 0.3 is 0 Å². The van der Waals surface area contributed by atoms with Gasteiger partial charge in [0.25, 0.3) is 0 Å². The molecular weight excluding hydrogens is 304 g/mol. The van der Waals surface area contributed by atoms with Crippen LogP contribution in [-0.2, 0) is 10.0 Å². The van der Waals surface area contributed by atoms with E-state index in [0.717, 1.165) is 42.6 Å². The van der Waals surface area contributed by atoms with Gasteiger partial charge in [-0.2, -0.15) is 0 Å². The quantitative estimate of drug-likeness (QED) is 0.875. The van der Waals surface area contributed by atoms with Crippen LogP contribution in [0.15, 0.2) is 10.3 Å². The third-order valence-electron chi connectivity index (χ3n) is 3.63. The van der Waals surface area contributed by atoms with Crippen LogP contribution in [0.4, 0.5) is 0 Å². The van der Waals surface area contributed by atoms with Crippen LogP contribution in [0.2, 0.25) is 4.34 Å². The fraction of sp³-hybridized carbons (Fsp3) is 0.667. The molecule has 1 unspecified atom stereocenters. The van der Waals surface area contributed by atoms with E-state index in [1.165, 1.54) is 0 Å². The number of aryl methyl sites for hydroxylation is 1. The smallest absolute Gasteiger partial charge is 0.250 e. The Balaban J connectivity index is 2.15. The Morgan fingerprint density at radius 1 is 1.53 bits per heavy atom. The molecule has 108 valence electrons. The molecule has 0 aliphatic heterocycles. The molecule has 19 heavy (non-hydrogen) atoms. The monoisotopic (exact) mass is 322 g/mol. The van der Waals surface area contributed by atoms with Crippen molar-refractivity contribution < 1.29 is 8.42 Å². The Labute approximate surface area is 123 Å². The van der Waals surface area contributed by atoms with Crippen molar-refractivity contribution in [1.82, 2.24) is 4.72 Å². The molecule has 0 amide bonds. The van der Waals surface area contributed by atoms with E-state index in [-0.39, 0.29) is 10.3 Å². The second-order valence-corrected chi connectivity index (χ2v) is 8.63. The van der Waals surface area contributed by atoms with Gasteiger partial charge in [-0.3, -0.25) is 0 Å². The zero-order valence-corrected chi connectivity index (χ0v) is 13.2. The lowest BCUT2D eigenvalue weighted by Crippen LogP contribution is -2.44. The Morgan fingerprint density at radius 2 is 2.16 bits per heavy atom. The highest BCUT2D eigenvalue weighted by molar-refractivity contribution is 7.91. The lowest BCUT2D eigenvalue weighted by Gasteiger charge is -2.22. The van der Waals surface area contributed by atoms with Gasteiger partial charge in [0.15, 0.2) is 0 Å². The average molecular weight is 323 g/mol. The highest BCUT2D eigenvalue weighted by Crippen LogP contribution is 2.32. The number of thiophene rings is 1. The van der Waals surface area contributed by atoms with E-state index in [2.05, 4.69) is 4.72 Å². The minimum absolute atomic E-state index is 0.173. The Bertz CT molecular complexity index is 516. The van der Waals surface area contributed by atoms with Crippen LogP contribution in [0.25, 0.3) is 0 Å². The molecule has 0 aromatic carbocycles. The minimum atomic E-state index is -3.51. The molecule has 4 nitrogen and oxygen atoms in total. The number of hydrogen-bond acceptors (Lipinski definition) is 4. The van der Waals surface area contributed by atoms with E-state index in [0.29, 0.717) is 16.8 Å². The van der Waals surface area contributed by atoms with Crippen molar-refractivity contribution in [3.8, 4) is 0 Å². The van der Waals surface area contributed by atoms with Crippen molar-refractivity contribution in [1.29, 1.82) is 0 Å². The van der Waals surface area contributed by atoms with Crippen molar-refractivity contribution >= 4 is 33.0 Å². The van der Waals surface area contributed by atoms with Crippen LogP contribution in [0, 0.1) is 12.8 Å². The summed E-state index contributed by atoms with van der Waals surface area (Å²) < 4.78 is 28.1. The van der Waals surface area contributed by atoms with Gasteiger partial charge in [-0.25, -0.2) is 13.1 Å². The molecule has 1 saturated carbocycles. The molecule has 1 aromatic rings. The molecule has 1 aliphatic carbocycles. The van der Waals surface area contributed by atoms with E-state index in [9.17, 15) is 8.42 Å². The Hall–Kier alpha value is -0.140. The van der Waals surface area contributed by atoms with Crippen molar-refractivity contribution in [3.05, 3.63) is 16.0 Å². The molecular formula is C12H19ClN2O2S2. The maximum atomic E-state index is 12.3. The number of nitrogens with two attached hydrogens (primary N) is 1. The lowest BCUT2D eigenvalue weighted by molar-refractivity contribution is 0.406. The first-order valence-corrected chi connectivity index (χ1v) is 9.10. The van der Waals surface area contributed by atoms with Crippen LogP contribution in [0.5, 0.6) is 0 Å². The van der Waals surface area contributed by atoms with Gasteiger partial charge in [0.2, 0.25) is 10.0 Å². The largest absolute Gasteiger partial charge is 0.329 e. The summed E-state index contributed by atoms with van der Waals surface area (Å²) in [5, 5.41) is 0. The molecule has 0 bridgehead atoms. The van der Waals surface area contributed by atoms with Crippen molar-refractivity contribution in [2.24, 2.45) is 11.7 Å². The third kappa shape index (κ3) is 3.49. The first kappa shape index (κ1) is 15.3. The summed E-state index contributed by atoms with van der Waals surface area (Å²) in [5.41, 5.74) is 6.51. The van der Waals surface area contributed by atoms with Crippen molar-refractivity contribution in [2.45, 2.75) is 42.9 Å². The Kier molecular flexibility index (Phi) is 4.89. The lowest BCUT2D eigenvalue weighted by atomic mass is 9.99. The molecule has 2 rings (SSSR count). The van der Waals surface area contributed by atoms with Gasteiger partial charge < -0.3 is 5.73 Å². The standard InChI is InChI=1S/C12H19ClN2O2S2/c1-8-6-11(18-12(8)13)19(16,17)15-10(7-14)9-4-2-3-5-9/h6,9-10,15H,2-5,7,14H2,1H3. The highest BCUT2D eigenvalue weighted by atomic mass is 35.5.